The van der Waals surface area contributed by atoms with Crippen molar-refractivity contribution in [1.29, 1.82) is 0 Å². The number of hydrogen-bond donors (Lipinski definition) is 0. The van der Waals surface area contributed by atoms with Crippen LogP contribution in [0.1, 0.15) is 5.56 Å². The third-order valence-electron chi connectivity index (χ3n) is 4.26. The lowest BCUT2D eigenvalue weighted by Gasteiger charge is -2.09. The Labute approximate surface area is 169 Å². The summed E-state index contributed by atoms with van der Waals surface area (Å²) in [6, 6.07) is 6.34. The van der Waals surface area contributed by atoms with Gasteiger partial charge in [-0.1, -0.05) is 11.3 Å². The molecule has 8 nitrogen and oxygen atoms in total. The summed E-state index contributed by atoms with van der Waals surface area (Å²) in [6.45, 7) is 0. The molecule has 0 amide bonds. The summed E-state index contributed by atoms with van der Waals surface area (Å²) in [5, 5.41) is 7.39. The largest absolute Gasteiger partial charge is 0.495 e. The van der Waals surface area contributed by atoms with E-state index in [1.54, 1.807) is 6.07 Å². The summed E-state index contributed by atoms with van der Waals surface area (Å²) in [5.74, 6) is -2.22. The maximum atomic E-state index is 15.1. The molecule has 0 unspecified atom stereocenters. The number of aromatic nitrogens is 4. The van der Waals surface area contributed by atoms with Crippen LogP contribution >= 0.6 is 0 Å². The quantitative estimate of drug-likeness (QED) is 0.461. The number of ether oxygens (including phenoxy) is 1. The zero-order valence-electron chi connectivity index (χ0n) is 15.5. The van der Waals surface area contributed by atoms with Gasteiger partial charge in [-0.3, -0.25) is 4.98 Å². The van der Waals surface area contributed by atoms with Crippen LogP contribution in [0.4, 0.5) is 8.78 Å². The molecule has 154 valence electrons. The Balaban J connectivity index is 1.72. The summed E-state index contributed by atoms with van der Waals surface area (Å²) in [4.78, 5) is 4.00. The van der Waals surface area contributed by atoms with Gasteiger partial charge < -0.3 is 9.15 Å². The average Bonchev–Trinajstić information content (AvgIpc) is 3.43. The Kier molecular flexibility index (Phi) is 5.04. The Bertz CT molecular complexity index is 1300. The van der Waals surface area contributed by atoms with E-state index in [0.29, 0.717) is 17.0 Å². The number of benzene rings is 1. The molecular weight excluding hydrogens is 418 g/mol. The van der Waals surface area contributed by atoms with Gasteiger partial charge in [0.05, 0.1) is 31.5 Å². The predicted octanol–water partition coefficient (Wildman–Crippen LogP) is 3.18. The van der Waals surface area contributed by atoms with Crippen molar-refractivity contribution >= 4 is 9.84 Å². The van der Waals surface area contributed by atoms with E-state index in [1.807, 2.05) is 0 Å². The van der Waals surface area contributed by atoms with Gasteiger partial charge in [0.25, 0.3) is 0 Å². The van der Waals surface area contributed by atoms with Gasteiger partial charge in [0.15, 0.2) is 11.6 Å². The molecule has 0 saturated heterocycles. The van der Waals surface area contributed by atoms with E-state index in [-0.39, 0.29) is 10.7 Å². The molecule has 4 rings (SSSR count). The molecule has 0 N–H and O–H groups in total. The SMILES string of the molecule is COc1cncc(-c2cn(-c3c(F)ccc(CS(=O)(=O)c4ccco4)c3F)nn2)c1. The van der Waals surface area contributed by atoms with E-state index in [4.69, 9.17) is 9.15 Å². The van der Waals surface area contributed by atoms with Crippen LogP contribution in [-0.2, 0) is 15.6 Å². The van der Waals surface area contributed by atoms with Gasteiger partial charge >= 0.3 is 0 Å². The van der Waals surface area contributed by atoms with E-state index in [9.17, 15) is 12.8 Å². The predicted molar refractivity (Wildman–Crippen MR) is 101 cm³/mol. The van der Waals surface area contributed by atoms with Crippen LogP contribution in [0.5, 0.6) is 5.75 Å². The van der Waals surface area contributed by atoms with Crippen LogP contribution in [-0.4, -0.2) is 35.5 Å². The van der Waals surface area contributed by atoms with Gasteiger partial charge in [-0.15, -0.1) is 5.10 Å². The first-order valence-corrected chi connectivity index (χ1v) is 10.2. The summed E-state index contributed by atoms with van der Waals surface area (Å²) in [7, 11) is -2.47. The zero-order valence-corrected chi connectivity index (χ0v) is 16.3. The zero-order chi connectivity index (χ0) is 21.3. The highest BCUT2D eigenvalue weighted by atomic mass is 32.2. The summed E-state index contributed by atoms with van der Waals surface area (Å²) < 4.78 is 65.2. The fraction of sp³-hybridized carbons (Fsp3) is 0.105. The third kappa shape index (κ3) is 3.66. The highest BCUT2D eigenvalue weighted by Gasteiger charge is 2.24. The second kappa shape index (κ2) is 7.67. The van der Waals surface area contributed by atoms with Gasteiger partial charge in [-0.05, 0) is 24.3 Å². The maximum absolute atomic E-state index is 15.1. The van der Waals surface area contributed by atoms with E-state index in [0.717, 1.165) is 16.8 Å². The summed E-state index contributed by atoms with van der Waals surface area (Å²) in [5.41, 5.74) is 0.0476. The number of furan rings is 1. The molecule has 0 atom stereocenters. The molecule has 4 aromatic rings. The van der Waals surface area contributed by atoms with Gasteiger partial charge in [0.2, 0.25) is 14.9 Å². The maximum Gasteiger partial charge on any atom is 0.218 e. The third-order valence-corrected chi connectivity index (χ3v) is 5.80. The van der Waals surface area contributed by atoms with E-state index in [1.165, 1.54) is 44.1 Å². The minimum atomic E-state index is -3.95. The van der Waals surface area contributed by atoms with Crippen molar-refractivity contribution in [2.24, 2.45) is 0 Å². The average molecular weight is 432 g/mol. The fourth-order valence-electron chi connectivity index (χ4n) is 2.80. The van der Waals surface area contributed by atoms with E-state index >= 15 is 4.39 Å². The van der Waals surface area contributed by atoms with Crippen molar-refractivity contribution < 1.29 is 26.4 Å². The number of methoxy groups -OCH3 is 1. The van der Waals surface area contributed by atoms with Gasteiger partial charge in [0, 0.05) is 17.3 Å². The molecule has 1 aromatic carbocycles. The standard InChI is InChI=1S/C19H14F2N4O4S/c1-28-14-7-13(8-22-9-14)16-10-25(24-23-16)19-15(20)5-4-12(18(19)21)11-30(26,27)17-3-2-6-29-17/h2-10H,11H2,1H3. The van der Waals surface area contributed by atoms with Crippen LogP contribution in [0.2, 0.25) is 0 Å². The van der Waals surface area contributed by atoms with Crippen molar-refractivity contribution in [2.75, 3.05) is 7.11 Å². The van der Waals surface area contributed by atoms with Crippen LogP contribution in [0.25, 0.3) is 16.9 Å². The van der Waals surface area contributed by atoms with Crippen molar-refractivity contribution in [2.45, 2.75) is 10.8 Å². The molecule has 0 bridgehead atoms. The Morgan fingerprint density at radius 3 is 2.77 bits per heavy atom. The molecule has 0 radical (unpaired) electrons. The second-order valence-electron chi connectivity index (χ2n) is 6.22. The molecular formula is C19H14F2N4O4S. The monoisotopic (exact) mass is 432 g/mol. The number of halogens is 2. The Morgan fingerprint density at radius 2 is 2.03 bits per heavy atom. The number of hydrogen-bond acceptors (Lipinski definition) is 7. The van der Waals surface area contributed by atoms with Crippen LogP contribution < -0.4 is 4.74 Å². The molecule has 0 aliphatic rings. The molecule has 11 heteroatoms. The first-order valence-electron chi connectivity index (χ1n) is 8.54. The first kappa shape index (κ1) is 19.7. The highest BCUT2D eigenvalue weighted by molar-refractivity contribution is 7.90. The Hall–Kier alpha value is -3.60. The lowest BCUT2D eigenvalue weighted by molar-refractivity contribution is 0.413. The van der Waals surface area contributed by atoms with Gasteiger partial charge in [-0.2, -0.15) is 0 Å². The van der Waals surface area contributed by atoms with Crippen LogP contribution in [0.3, 0.4) is 0 Å². The molecule has 0 spiro atoms. The van der Waals surface area contributed by atoms with Gasteiger partial charge in [0.1, 0.15) is 17.1 Å². The number of nitrogens with zero attached hydrogens (tertiary/aromatic N) is 4. The molecule has 0 aliphatic heterocycles. The smallest absolute Gasteiger partial charge is 0.218 e. The molecule has 0 saturated carbocycles. The van der Waals surface area contributed by atoms with E-state index < -0.39 is 32.9 Å². The highest BCUT2D eigenvalue weighted by Crippen LogP contribution is 2.26. The number of rotatable bonds is 6. The summed E-state index contributed by atoms with van der Waals surface area (Å²) >= 11 is 0. The lowest BCUT2D eigenvalue weighted by atomic mass is 10.2. The van der Waals surface area contributed by atoms with Crippen molar-refractivity contribution in [3.8, 4) is 22.7 Å². The summed E-state index contributed by atoms with van der Waals surface area (Å²) in [6.07, 6.45) is 5.50. The minimum Gasteiger partial charge on any atom is -0.495 e. The molecule has 0 fully saturated rings. The van der Waals surface area contributed by atoms with Crippen molar-refractivity contribution in [1.82, 2.24) is 20.0 Å². The van der Waals surface area contributed by atoms with Crippen molar-refractivity contribution in [3.05, 3.63) is 72.4 Å². The molecule has 0 aliphatic carbocycles. The normalized spacial score (nSPS) is 11.6. The number of sulfone groups is 1. The molecule has 30 heavy (non-hydrogen) atoms. The minimum absolute atomic E-state index is 0.233. The van der Waals surface area contributed by atoms with Crippen molar-refractivity contribution in [3.63, 3.8) is 0 Å². The van der Waals surface area contributed by atoms with Crippen LogP contribution in [0.15, 0.2) is 64.7 Å². The molecule has 3 aromatic heterocycles. The Morgan fingerprint density at radius 1 is 1.20 bits per heavy atom. The fourth-order valence-corrected chi connectivity index (χ4v) is 4.06. The first-order chi connectivity index (χ1) is 14.4. The lowest BCUT2D eigenvalue weighted by Crippen LogP contribution is -2.10. The van der Waals surface area contributed by atoms with E-state index in [2.05, 4.69) is 15.3 Å². The second-order valence-corrected chi connectivity index (χ2v) is 8.14. The van der Waals surface area contributed by atoms with Crippen LogP contribution in [0, 0.1) is 11.6 Å². The molecule has 3 heterocycles. The number of pyridine rings is 1. The topological polar surface area (TPSA) is 100 Å². The van der Waals surface area contributed by atoms with Gasteiger partial charge in [-0.25, -0.2) is 21.9 Å².